The second kappa shape index (κ2) is 13.4. The smallest absolute Gasteiger partial charge is 0.446 e. The van der Waals surface area contributed by atoms with Gasteiger partial charge in [0.05, 0.1) is 16.3 Å². The number of pyridine rings is 1. The molecule has 1 N–H and O–H groups in total. The molecule has 198 valence electrons. The molecule has 0 unspecified atom stereocenters. The molecule has 2 aromatic carbocycles. The summed E-state index contributed by atoms with van der Waals surface area (Å²) in [7, 11) is 1.99. The Balaban J connectivity index is 0.000000717. The van der Waals surface area contributed by atoms with E-state index >= 15 is 0 Å². The van der Waals surface area contributed by atoms with E-state index in [1.165, 1.54) is 11.6 Å². The summed E-state index contributed by atoms with van der Waals surface area (Å²) in [6.45, 7) is 2.96. The van der Waals surface area contributed by atoms with Crippen molar-refractivity contribution in [2.75, 3.05) is 7.05 Å². The topological polar surface area (TPSA) is 79.6 Å². The van der Waals surface area contributed by atoms with Gasteiger partial charge in [0.1, 0.15) is 5.02 Å². The van der Waals surface area contributed by atoms with Crippen molar-refractivity contribution in [3.05, 3.63) is 103 Å². The van der Waals surface area contributed by atoms with Crippen molar-refractivity contribution in [2.45, 2.75) is 38.7 Å². The Bertz CT molecular complexity index is 1260. The highest BCUT2D eigenvalue weighted by atomic mass is 35.5. The number of nitrogens with zero attached hydrogens (tertiary/aromatic N) is 2. The zero-order valence-electron chi connectivity index (χ0n) is 20.0. The van der Waals surface area contributed by atoms with Gasteiger partial charge >= 0.3 is 12.1 Å². The summed E-state index contributed by atoms with van der Waals surface area (Å²) in [4.78, 5) is 34.7. The van der Waals surface area contributed by atoms with E-state index in [0.717, 1.165) is 5.56 Å². The van der Waals surface area contributed by atoms with Crippen LogP contribution in [0.1, 0.15) is 40.1 Å². The fourth-order valence-electron chi connectivity index (χ4n) is 3.45. The first-order chi connectivity index (χ1) is 17.3. The van der Waals surface area contributed by atoms with E-state index in [1.807, 2.05) is 25.2 Å². The number of hydrogen-bond acceptors (Lipinski definition) is 4. The van der Waals surface area contributed by atoms with Gasteiger partial charge in [0, 0.05) is 19.1 Å². The minimum absolute atomic E-state index is 0.0775. The average molecular weight is 557 g/mol. The van der Waals surface area contributed by atoms with Crippen LogP contribution in [0.4, 0.5) is 13.2 Å². The Morgan fingerprint density at radius 3 is 2.16 bits per heavy atom. The molecule has 0 bridgehead atoms. The molecule has 0 amide bonds. The molecule has 0 aliphatic carbocycles. The van der Waals surface area contributed by atoms with E-state index in [9.17, 15) is 22.8 Å². The van der Waals surface area contributed by atoms with Crippen LogP contribution in [0, 0.1) is 0 Å². The molecule has 0 fully saturated rings. The van der Waals surface area contributed by atoms with Gasteiger partial charge in [-0.1, -0.05) is 65.7 Å². The molecule has 1 atom stereocenters. The lowest BCUT2D eigenvalue weighted by Gasteiger charge is -2.27. The van der Waals surface area contributed by atoms with Crippen LogP contribution in [0.25, 0.3) is 0 Å². The lowest BCUT2D eigenvalue weighted by molar-refractivity contribution is -0.156. The zero-order chi connectivity index (χ0) is 27.8. The molecule has 0 radical (unpaired) electrons. The number of carboxylic acid groups (broad SMARTS) is 1. The molecule has 3 rings (SSSR count). The van der Waals surface area contributed by atoms with E-state index < -0.39 is 18.4 Å². The SMILES string of the molecule is C[C@H](c1ccccc1)N(C)Cc1c(Cl)cc(Cl)c(=O)n1CCc1ccc(C(=O)O)cc1.O=CC(F)(F)F. The Morgan fingerprint density at radius 1 is 1.08 bits per heavy atom. The lowest BCUT2D eigenvalue weighted by atomic mass is 10.1. The number of rotatable bonds is 8. The number of halogens is 5. The van der Waals surface area contributed by atoms with Gasteiger partial charge in [0.25, 0.3) is 5.56 Å². The number of carbonyl (C=O) groups is 2. The van der Waals surface area contributed by atoms with Gasteiger partial charge in [-0.3, -0.25) is 14.5 Å². The molecule has 6 nitrogen and oxygen atoms in total. The van der Waals surface area contributed by atoms with Crippen LogP contribution in [0.5, 0.6) is 0 Å². The Hall–Kier alpha value is -3.14. The third-order valence-electron chi connectivity index (χ3n) is 5.61. The maximum absolute atomic E-state index is 12.8. The van der Waals surface area contributed by atoms with E-state index in [-0.39, 0.29) is 22.2 Å². The van der Waals surface area contributed by atoms with Crippen molar-refractivity contribution in [3.8, 4) is 0 Å². The van der Waals surface area contributed by atoms with Crippen LogP contribution in [0.3, 0.4) is 0 Å². The summed E-state index contributed by atoms with van der Waals surface area (Å²) in [5.74, 6) is -0.970. The van der Waals surface area contributed by atoms with Crippen LogP contribution in [-0.4, -0.2) is 40.1 Å². The molecular formula is C26H25Cl2F3N2O4. The highest BCUT2D eigenvalue weighted by Crippen LogP contribution is 2.25. The van der Waals surface area contributed by atoms with E-state index in [2.05, 4.69) is 24.0 Å². The second-order valence-electron chi connectivity index (χ2n) is 8.16. The molecule has 11 heteroatoms. The molecule has 0 aliphatic rings. The standard InChI is InChI=1S/C24H24Cl2N2O3.C2HF3O/c1-16(18-6-4-3-5-7-18)27(2)15-22-20(25)14-21(26)23(29)28(22)13-12-17-8-10-19(11-9-17)24(30)31;3-2(4,5)1-6/h3-11,14,16H,12-13,15H2,1-2H3,(H,30,31);1H/t16-;/m1./s1. The highest BCUT2D eigenvalue weighted by Gasteiger charge is 2.25. The number of carbonyl (C=O) groups excluding carboxylic acids is 1. The number of aryl methyl sites for hydroxylation is 1. The van der Waals surface area contributed by atoms with Gasteiger partial charge in [-0.05, 0) is 49.7 Å². The summed E-state index contributed by atoms with van der Waals surface area (Å²) >= 11 is 12.6. The number of alkyl halides is 3. The fraction of sp³-hybridized carbons (Fsp3) is 0.269. The van der Waals surface area contributed by atoms with Crippen LogP contribution < -0.4 is 5.56 Å². The first-order valence-corrected chi connectivity index (χ1v) is 11.8. The third-order valence-corrected chi connectivity index (χ3v) is 6.20. The van der Waals surface area contributed by atoms with Crippen molar-refractivity contribution in [3.63, 3.8) is 0 Å². The molecule has 3 aromatic rings. The zero-order valence-corrected chi connectivity index (χ0v) is 21.5. The average Bonchev–Trinajstić information content (AvgIpc) is 2.87. The normalized spacial score (nSPS) is 12.0. The second-order valence-corrected chi connectivity index (χ2v) is 8.97. The molecule has 0 saturated heterocycles. The molecule has 0 saturated carbocycles. The van der Waals surface area contributed by atoms with Crippen molar-refractivity contribution in [1.82, 2.24) is 9.47 Å². The van der Waals surface area contributed by atoms with Gasteiger partial charge in [0.15, 0.2) is 0 Å². The first-order valence-electron chi connectivity index (χ1n) is 11.0. The first kappa shape index (κ1) is 30.1. The Kier molecular flexibility index (Phi) is 10.9. The van der Waals surface area contributed by atoms with Crippen molar-refractivity contribution in [2.24, 2.45) is 0 Å². The number of benzene rings is 2. The number of aromatic nitrogens is 1. The number of aldehydes is 1. The Morgan fingerprint density at radius 2 is 1.65 bits per heavy atom. The fourth-order valence-corrected chi connectivity index (χ4v) is 3.99. The van der Waals surface area contributed by atoms with Gasteiger partial charge in [-0.15, -0.1) is 0 Å². The predicted octanol–water partition coefficient (Wildman–Crippen LogP) is 6.04. The summed E-state index contributed by atoms with van der Waals surface area (Å²) in [6.07, 6.45) is -5.16. The molecule has 0 aliphatic heterocycles. The van der Waals surface area contributed by atoms with E-state index in [1.54, 1.807) is 28.8 Å². The molecule has 37 heavy (non-hydrogen) atoms. The number of aromatic carboxylic acids is 1. The summed E-state index contributed by atoms with van der Waals surface area (Å²) in [5.41, 5.74) is 2.73. The maximum Gasteiger partial charge on any atom is 0.446 e. The predicted molar refractivity (Wildman–Crippen MR) is 136 cm³/mol. The summed E-state index contributed by atoms with van der Waals surface area (Å²) in [6, 6.07) is 18.4. The third kappa shape index (κ3) is 9.03. The number of carboxylic acids is 1. The monoisotopic (exact) mass is 556 g/mol. The van der Waals surface area contributed by atoms with Crippen molar-refractivity contribution in [1.29, 1.82) is 0 Å². The number of hydrogen-bond donors (Lipinski definition) is 1. The van der Waals surface area contributed by atoms with Gasteiger partial charge in [0.2, 0.25) is 6.29 Å². The van der Waals surface area contributed by atoms with Gasteiger partial charge in [-0.25, -0.2) is 4.79 Å². The Labute approximate surface area is 221 Å². The van der Waals surface area contributed by atoms with Crippen LogP contribution in [-0.2, 0) is 24.3 Å². The van der Waals surface area contributed by atoms with Crippen LogP contribution in [0.15, 0.2) is 65.5 Å². The van der Waals surface area contributed by atoms with Gasteiger partial charge < -0.3 is 9.67 Å². The summed E-state index contributed by atoms with van der Waals surface area (Å²) < 4.78 is 32.9. The van der Waals surface area contributed by atoms with Crippen LogP contribution >= 0.6 is 23.2 Å². The van der Waals surface area contributed by atoms with Crippen LogP contribution in [0.2, 0.25) is 10.0 Å². The van der Waals surface area contributed by atoms with Crippen molar-refractivity contribution < 1.29 is 27.9 Å². The largest absolute Gasteiger partial charge is 0.478 e. The van der Waals surface area contributed by atoms with E-state index in [4.69, 9.17) is 33.1 Å². The van der Waals surface area contributed by atoms with Gasteiger partial charge in [-0.2, -0.15) is 13.2 Å². The molecule has 1 aromatic heterocycles. The minimum Gasteiger partial charge on any atom is -0.478 e. The molecule has 0 spiro atoms. The molecular weight excluding hydrogens is 532 g/mol. The highest BCUT2D eigenvalue weighted by molar-refractivity contribution is 6.34. The quantitative estimate of drug-likeness (QED) is 0.342. The lowest BCUT2D eigenvalue weighted by Crippen LogP contribution is -2.30. The summed E-state index contributed by atoms with van der Waals surface area (Å²) in [5, 5.41) is 9.57. The molecule has 1 heterocycles. The van der Waals surface area contributed by atoms with E-state index in [0.29, 0.717) is 30.2 Å². The minimum atomic E-state index is -4.64. The maximum atomic E-state index is 12.8. The van der Waals surface area contributed by atoms with Crippen molar-refractivity contribution >= 4 is 35.5 Å².